The van der Waals surface area contributed by atoms with Crippen molar-refractivity contribution in [3.63, 3.8) is 0 Å². The molecule has 6 heteroatoms. The van der Waals surface area contributed by atoms with Crippen molar-refractivity contribution >= 4 is 23.1 Å². The molecule has 0 spiro atoms. The molecule has 3 heterocycles. The molecule has 1 aromatic carbocycles. The van der Waals surface area contributed by atoms with E-state index in [1.165, 1.54) is 0 Å². The lowest BCUT2D eigenvalue weighted by atomic mass is 9.91. The SMILES string of the molecule is Cc1cccc(-c2ncn3c(N4CCC(C)(N)CC4)nccc23)c1Cl. The second kappa shape index (κ2) is 6.00. The second-order valence-corrected chi connectivity index (χ2v) is 7.55. The molecule has 0 atom stereocenters. The molecule has 0 saturated carbocycles. The van der Waals surface area contributed by atoms with Crippen molar-refractivity contribution < 1.29 is 0 Å². The van der Waals surface area contributed by atoms with Gasteiger partial charge < -0.3 is 10.6 Å². The summed E-state index contributed by atoms with van der Waals surface area (Å²) in [5.41, 5.74) is 10.1. The third-order valence-electron chi connectivity index (χ3n) is 5.08. The molecule has 130 valence electrons. The minimum absolute atomic E-state index is 0.0837. The van der Waals surface area contributed by atoms with Crippen LogP contribution >= 0.6 is 11.6 Å². The molecule has 2 N–H and O–H groups in total. The molecule has 4 rings (SSSR count). The van der Waals surface area contributed by atoms with Crippen molar-refractivity contribution in [3.8, 4) is 11.3 Å². The number of imidazole rings is 1. The summed E-state index contributed by atoms with van der Waals surface area (Å²) >= 11 is 6.52. The zero-order valence-corrected chi connectivity index (χ0v) is 15.3. The number of nitrogens with zero attached hydrogens (tertiary/aromatic N) is 4. The number of fused-ring (bicyclic) bond motifs is 1. The van der Waals surface area contributed by atoms with Gasteiger partial charge in [-0.2, -0.15) is 0 Å². The Morgan fingerprint density at radius 1 is 1.16 bits per heavy atom. The van der Waals surface area contributed by atoms with Crippen LogP contribution in [0.1, 0.15) is 25.3 Å². The van der Waals surface area contributed by atoms with E-state index in [4.69, 9.17) is 17.3 Å². The monoisotopic (exact) mass is 355 g/mol. The van der Waals surface area contributed by atoms with Gasteiger partial charge in [0.05, 0.1) is 16.2 Å². The van der Waals surface area contributed by atoms with Crippen LogP contribution in [-0.4, -0.2) is 33.0 Å². The first-order chi connectivity index (χ1) is 12.0. The lowest BCUT2D eigenvalue weighted by Crippen LogP contribution is -2.48. The zero-order valence-electron chi connectivity index (χ0n) is 14.5. The highest BCUT2D eigenvalue weighted by molar-refractivity contribution is 6.34. The largest absolute Gasteiger partial charge is 0.342 e. The van der Waals surface area contributed by atoms with Crippen LogP contribution in [0, 0.1) is 6.92 Å². The number of rotatable bonds is 2. The summed E-state index contributed by atoms with van der Waals surface area (Å²) in [5, 5.41) is 0.748. The van der Waals surface area contributed by atoms with E-state index in [1.54, 1.807) is 0 Å². The van der Waals surface area contributed by atoms with Gasteiger partial charge in [-0.3, -0.25) is 4.40 Å². The van der Waals surface area contributed by atoms with E-state index in [1.807, 2.05) is 48.1 Å². The van der Waals surface area contributed by atoms with Crippen LogP contribution in [0.15, 0.2) is 36.8 Å². The highest BCUT2D eigenvalue weighted by Crippen LogP contribution is 2.33. The van der Waals surface area contributed by atoms with E-state index in [0.717, 1.165) is 59.2 Å². The Kier molecular flexibility index (Phi) is 3.93. The van der Waals surface area contributed by atoms with Crippen LogP contribution in [0.2, 0.25) is 5.02 Å². The van der Waals surface area contributed by atoms with E-state index in [0.29, 0.717) is 0 Å². The molecule has 2 aromatic heterocycles. The summed E-state index contributed by atoms with van der Waals surface area (Å²) in [5.74, 6) is 0.913. The molecule has 0 aliphatic carbocycles. The maximum atomic E-state index is 6.52. The molecule has 5 nitrogen and oxygen atoms in total. The molecule has 0 amide bonds. The Bertz CT molecular complexity index is 921. The van der Waals surface area contributed by atoms with Crippen LogP contribution in [-0.2, 0) is 0 Å². The fourth-order valence-electron chi connectivity index (χ4n) is 3.40. The van der Waals surface area contributed by atoms with Crippen LogP contribution in [0.4, 0.5) is 5.95 Å². The van der Waals surface area contributed by atoms with Gasteiger partial charge in [0.25, 0.3) is 0 Å². The fraction of sp³-hybridized carbons (Fsp3) is 0.368. The lowest BCUT2D eigenvalue weighted by molar-refractivity contribution is 0.361. The molecule has 1 aliphatic rings. The molecule has 3 aromatic rings. The number of piperidine rings is 1. The predicted octanol–water partition coefficient (Wildman–Crippen LogP) is 3.68. The van der Waals surface area contributed by atoms with Crippen molar-refractivity contribution in [1.29, 1.82) is 0 Å². The van der Waals surface area contributed by atoms with Gasteiger partial charge in [-0.1, -0.05) is 29.8 Å². The van der Waals surface area contributed by atoms with Gasteiger partial charge in [0, 0.05) is 30.4 Å². The highest BCUT2D eigenvalue weighted by atomic mass is 35.5. The maximum absolute atomic E-state index is 6.52. The summed E-state index contributed by atoms with van der Waals surface area (Å²) in [6, 6.07) is 8.02. The summed E-state index contributed by atoms with van der Waals surface area (Å²) < 4.78 is 2.05. The van der Waals surface area contributed by atoms with Crippen LogP contribution in [0.5, 0.6) is 0 Å². The number of anilines is 1. The molecule has 25 heavy (non-hydrogen) atoms. The molecule has 0 radical (unpaired) electrons. The Labute approximate surface area is 152 Å². The maximum Gasteiger partial charge on any atom is 0.211 e. The number of hydrogen-bond acceptors (Lipinski definition) is 4. The summed E-state index contributed by atoms with van der Waals surface area (Å²) in [7, 11) is 0. The molecular formula is C19H22ClN5. The predicted molar refractivity (Wildman–Crippen MR) is 102 cm³/mol. The van der Waals surface area contributed by atoms with E-state index >= 15 is 0 Å². The first-order valence-electron chi connectivity index (χ1n) is 8.58. The second-order valence-electron chi connectivity index (χ2n) is 7.17. The van der Waals surface area contributed by atoms with Gasteiger partial charge in [-0.25, -0.2) is 9.97 Å². The van der Waals surface area contributed by atoms with Crippen molar-refractivity contribution in [3.05, 3.63) is 47.4 Å². The summed E-state index contributed by atoms with van der Waals surface area (Å²) in [6.07, 6.45) is 5.59. The summed E-state index contributed by atoms with van der Waals surface area (Å²) in [6.45, 7) is 5.93. The number of benzene rings is 1. The zero-order chi connectivity index (χ0) is 17.6. The Hall–Kier alpha value is -2.11. The Morgan fingerprint density at radius 2 is 1.92 bits per heavy atom. The standard InChI is InChI=1S/C19H22ClN5/c1-13-4-3-5-14(16(13)20)17-15-6-9-22-18(25(15)12-23-17)24-10-7-19(2,21)8-11-24/h3-6,9,12H,7-8,10-11,21H2,1-2H3. The normalized spacial score (nSPS) is 17.2. The Morgan fingerprint density at radius 3 is 2.68 bits per heavy atom. The van der Waals surface area contributed by atoms with Gasteiger partial charge >= 0.3 is 0 Å². The average molecular weight is 356 g/mol. The van der Waals surface area contributed by atoms with Crippen LogP contribution < -0.4 is 10.6 Å². The van der Waals surface area contributed by atoms with E-state index in [2.05, 4.69) is 21.8 Å². The number of halogens is 1. The topological polar surface area (TPSA) is 59.5 Å². The average Bonchev–Trinajstić information content (AvgIpc) is 3.01. The number of hydrogen-bond donors (Lipinski definition) is 1. The van der Waals surface area contributed by atoms with E-state index < -0.39 is 0 Å². The summed E-state index contributed by atoms with van der Waals surface area (Å²) in [4.78, 5) is 11.5. The number of aromatic nitrogens is 3. The van der Waals surface area contributed by atoms with Crippen LogP contribution in [0.3, 0.4) is 0 Å². The quantitative estimate of drug-likeness (QED) is 0.761. The van der Waals surface area contributed by atoms with Gasteiger partial charge in [0.2, 0.25) is 5.95 Å². The molecule has 1 fully saturated rings. The first kappa shape index (κ1) is 16.4. The fourth-order valence-corrected chi connectivity index (χ4v) is 3.62. The number of aryl methyl sites for hydroxylation is 1. The third-order valence-corrected chi connectivity index (χ3v) is 5.58. The molecule has 0 unspecified atom stereocenters. The van der Waals surface area contributed by atoms with Crippen LogP contribution in [0.25, 0.3) is 16.8 Å². The third kappa shape index (κ3) is 2.87. The molecule has 0 bridgehead atoms. The van der Waals surface area contributed by atoms with Crippen molar-refractivity contribution in [2.45, 2.75) is 32.2 Å². The number of nitrogens with two attached hydrogens (primary N) is 1. The molecular weight excluding hydrogens is 334 g/mol. The van der Waals surface area contributed by atoms with Crippen molar-refractivity contribution in [2.24, 2.45) is 5.73 Å². The van der Waals surface area contributed by atoms with Crippen molar-refractivity contribution in [2.75, 3.05) is 18.0 Å². The molecule has 1 aliphatic heterocycles. The lowest BCUT2D eigenvalue weighted by Gasteiger charge is -2.37. The van der Waals surface area contributed by atoms with Gasteiger partial charge in [0.15, 0.2) is 0 Å². The van der Waals surface area contributed by atoms with Crippen molar-refractivity contribution in [1.82, 2.24) is 14.4 Å². The highest BCUT2D eigenvalue weighted by Gasteiger charge is 2.27. The van der Waals surface area contributed by atoms with Gasteiger partial charge in [-0.15, -0.1) is 0 Å². The minimum Gasteiger partial charge on any atom is -0.342 e. The van der Waals surface area contributed by atoms with Gasteiger partial charge in [-0.05, 0) is 38.3 Å². The smallest absolute Gasteiger partial charge is 0.211 e. The van der Waals surface area contributed by atoms with E-state index in [9.17, 15) is 0 Å². The Balaban J connectivity index is 1.78. The molecule has 1 saturated heterocycles. The first-order valence-corrected chi connectivity index (χ1v) is 8.95. The minimum atomic E-state index is -0.0837. The van der Waals surface area contributed by atoms with E-state index in [-0.39, 0.29) is 5.54 Å². The van der Waals surface area contributed by atoms with Gasteiger partial charge in [0.1, 0.15) is 6.33 Å².